The molecule has 1 N–H and O–H groups in total. The molecule has 24 heavy (non-hydrogen) atoms. The summed E-state index contributed by atoms with van der Waals surface area (Å²) in [4.78, 5) is 14.5. The number of carbonyl (C=O) groups excluding carboxylic acids is 1. The van der Waals surface area contributed by atoms with Gasteiger partial charge >= 0.3 is 6.03 Å². The predicted molar refractivity (Wildman–Crippen MR) is 94.5 cm³/mol. The van der Waals surface area contributed by atoms with E-state index in [1.165, 1.54) is 0 Å². The van der Waals surface area contributed by atoms with Gasteiger partial charge in [0.05, 0.1) is 11.7 Å². The average molecular weight is 348 g/mol. The molecule has 1 atom stereocenters. The second kappa shape index (κ2) is 6.85. The molecular weight excluding hydrogens is 326 g/mol. The van der Waals surface area contributed by atoms with Crippen molar-refractivity contribution < 1.29 is 9.32 Å². The maximum Gasteiger partial charge on any atom is 0.322 e. The molecule has 2 amide bonds. The number of urea groups is 1. The van der Waals surface area contributed by atoms with Crippen molar-refractivity contribution in [2.24, 2.45) is 0 Å². The molecule has 1 aromatic carbocycles. The fraction of sp³-hybridized carbons (Fsp3) is 0.444. The highest BCUT2D eigenvalue weighted by atomic mass is 35.5. The van der Waals surface area contributed by atoms with Crippen molar-refractivity contribution in [1.82, 2.24) is 10.1 Å². The van der Waals surface area contributed by atoms with E-state index in [4.69, 9.17) is 16.1 Å². The molecule has 5 nitrogen and oxygen atoms in total. The molecule has 0 bridgehead atoms. The molecule has 0 spiro atoms. The van der Waals surface area contributed by atoms with E-state index in [0.29, 0.717) is 17.5 Å². The smallest absolute Gasteiger partial charge is 0.322 e. The molecule has 1 saturated heterocycles. The third-order valence-corrected chi connectivity index (χ3v) is 4.90. The van der Waals surface area contributed by atoms with Gasteiger partial charge < -0.3 is 14.7 Å². The molecule has 0 radical (unpaired) electrons. The minimum atomic E-state index is -0.134. The highest BCUT2D eigenvalue weighted by molar-refractivity contribution is 6.31. The number of amides is 2. The number of benzene rings is 1. The quantitative estimate of drug-likeness (QED) is 0.837. The monoisotopic (exact) mass is 347 g/mol. The van der Waals surface area contributed by atoms with E-state index < -0.39 is 0 Å². The maximum absolute atomic E-state index is 12.7. The Morgan fingerprint density at radius 1 is 1.46 bits per heavy atom. The van der Waals surface area contributed by atoms with Crippen LogP contribution in [-0.4, -0.2) is 22.6 Å². The lowest BCUT2D eigenvalue weighted by Crippen LogP contribution is -2.34. The standard InChI is InChI=1S/C18H22ClN3O2/c1-11(2)15-10-17(24-21-15)16-8-5-9-22(16)18(23)20-14-7-4-6-13(19)12(14)3/h4,6-7,10-11,16H,5,8-9H2,1-3H3,(H,20,23)/t16-/m1/s1. The van der Waals surface area contributed by atoms with Crippen LogP contribution < -0.4 is 5.32 Å². The number of rotatable bonds is 3. The van der Waals surface area contributed by atoms with Crippen molar-refractivity contribution >= 4 is 23.3 Å². The van der Waals surface area contributed by atoms with Gasteiger partial charge in [-0.15, -0.1) is 0 Å². The van der Waals surface area contributed by atoms with E-state index in [1.807, 2.05) is 36.1 Å². The summed E-state index contributed by atoms with van der Waals surface area (Å²) in [7, 11) is 0. The van der Waals surface area contributed by atoms with Crippen molar-refractivity contribution in [3.63, 3.8) is 0 Å². The molecule has 1 aliphatic heterocycles. The molecule has 0 aliphatic carbocycles. The molecule has 3 rings (SSSR count). The molecule has 0 unspecified atom stereocenters. The van der Waals surface area contributed by atoms with Gasteiger partial charge in [-0.3, -0.25) is 0 Å². The van der Waals surface area contributed by atoms with Crippen LogP contribution in [0.5, 0.6) is 0 Å². The van der Waals surface area contributed by atoms with Crippen LogP contribution in [0.25, 0.3) is 0 Å². The SMILES string of the molecule is Cc1c(Cl)cccc1NC(=O)N1CCC[C@@H]1c1cc(C(C)C)no1. The number of carbonyl (C=O) groups is 1. The number of aromatic nitrogens is 1. The van der Waals surface area contributed by atoms with Gasteiger partial charge in [0.25, 0.3) is 0 Å². The van der Waals surface area contributed by atoms with E-state index in [9.17, 15) is 4.79 Å². The van der Waals surface area contributed by atoms with Crippen LogP contribution in [0, 0.1) is 6.92 Å². The van der Waals surface area contributed by atoms with Gasteiger partial charge in [-0.1, -0.05) is 36.7 Å². The Balaban J connectivity index is 1.77. The zero-order valence-electron chi connectivity index (χ0n) is 14.2. The van der Waals surface area contributed by atoms with Crippen molar-refractivity contribution in [2.45, 2.75) is 45.6 Å². The number of anilines is 1. The summed E-state index contributed by atoms with van der Waals surface area (Å²) in [6, 6.07) is 7.27. The molecule has 2 heterocycles. The number of hydrogen-bond acceptors (Lipinski definition) is 3. The highest BCUT2D eigenvalue weighted by Gasteiger charge is 2.33. The molecule has 1 aromatic heterocycles. The lowest BCUT2D eigenvalue weighted by Gasteiger charge is -2.23. The van der Waals surface area contributed by atoms with Crippen LogP contribution in [0.3, 0.4) is 0 Å². The second-order valence-electron chi connectivity index (χ2n) is 6.50. The van der Waals surface area contributed by atoms with Crippen molar-refractivity contribution in [2.75, 3.05) is 11.9 Å². The van der Waals surface area contributed by atoms with Gasteiger partial charge in [0.15, 0.2) is 5.76 Å². The first-order chi connectivity index (χ1) is 11.5. The molecule has 6 heteroatoms. The van der Waals surface area contributed by atoms with Gasteiger partial charge in [0, 0.05) is 23.3 Å². The fourth-order valence-electron chi connectivity index (χ4n) is 2.97. The molecule has 128 valence electrons. The molecule has 2 aromatic rings. The lowest BCUT2D eigenvalue weighted by atomic mass is 10.1. The van der Waals surface area contributed by atoms with E-state index in [0.717, 1.165) is 35.5 Å². The summed E-state index contributed by atoms with van der Waals surface area (Å²) in [6.07, 6.45) is 1.83. The Kier molecular flexibility index (Phi) is 4.81. The summed E-state index contributed by atoms with van der Waals surface area (Å²) >= 11 is 6.13. The lowest BCUT2D eigenvalue weighted by molar-refractivity contribution is 0.195. The molecule has 1 fully saturated rings. The van der Waals surface area contributed by atoms with Gasteiger partial charge in [0.2, 0.25) is 0 Å². The number of nitrogens with one attached hydrogen (secondary N) is 1. The molecule has 1 aliphatic rings. The van der Waals surface area contributed by atoms with E-state index in [-0.39, 0.29) is 12.1 Å². The Morgan fingerprint density at radius 3 is 2.96 bits per heavy atom. The van der Waals surface area contributed by atoms with E-state index in [1.54, 1.807) is 0 Å². The third-order valence-electron chi connectivity index (χ3n) is 4.49. The Bertz CT molecular complexity index is 742. The van der Waals surface area contributed by atoms with Gasteiger partial charge in [-0.2, -0.15) is 0 Å². The summed E-state index contributed by atoms with van der Waals surface area (Å²) < 4.78 is 5.49. The van der Waals surface area contributed by atoms with Crippen LogP contribution in [0.15, 0.2) is 28.8 Å². The van der Waals surface area contributed by atoms with Crippen LogP contribution >= 0.6 is 11.6 Å². The first kappa shape index (κ1) is 16.8. The van der Waals surface area contributed by atoms with Crippen LogP contribution in [0.2, 0.25) is 5.02 Å². The highest BCUT2D eigenvalue weighted by Crippen LogP contribution is 2.34. The van der Waals surface area contributed by atoms with Crippen LogP contribution in [-0.2, 0) is 0 Å². The zero-order chi connectivity index (χ0) is 17.3. The first-order valence-corrected chi connectivity index (χ1v) is 8.64. The Hall–Kier alpha value is -2.01. The van der Waals surface area contributed by atoms with Gasteiger partial charge in [0.1, 0.15) is 0 Å². The number of hydrogen-bond donors (Lipinski definition) is 1. The second-order valence-corrected chi connectivity index (χ2v) is 6.91. The third kappa shape index (κ3) is 3.26. The summed E-state index contributed by atoms with van der Waals surface area (Å²) in [6.45, 7) is 6.74. The van der Waals surface area contributed by atoms with E-state index >= 15 is 0 Å². The topological polar surface area (TPSA) is 58.4 Å². The van der Waals surface area contributed by atoms with Gasteiger partial charge in [-0.05, 0) is 43.4 Å². The van der Waals surface area contributed by atoms with Crippen molar-refractivity contribution in [3.8, 4) is 0 Å². The number of likely N-dealkylation sites (tertiary alicyclic amines) is 1. The average Bonchev–Trinajstić information content (AvgIpc) is 3.19. The minimum absolute atomic E-state index is 0.0653. The van der Waals surface area contributed by atoms with Crippen LogP contribution in [0.4, 0.5) is 10.5 Å². The molecule has 0 saturated carbocycles. The van der Waals surface area contributed by atoms with Crippen molar-refractivity contribution in [1.29, 1.82) is 0 Å². The Labute approximate surface area is 147 Å². The first-order valence-electron chi connectivity index (χ1n) is 8.26. The predicted octanol–water partition coefficient (Wildman–Crippen LogP) is 5.13. The molecular formula is C18H22ClN3O2. The minimum Gasteiger partial charge on any atom is -0.359 e. The largest absolute Gasteiger partial charge is 0.359 e. The fourth-order valence-corrected chi connectivity index (χ4v) is 3.14. The normalized spacial score (nSPS) is 17.5. The number of halogens is 1. The van der Waals surface area contributed by atoms with Gasteiger partial charge in [-0.25, -0.2) is 4.79 Å². The zero-order valence-corrected chi connectivity index (χ0v) is 14.9. The van der Waals surface area contributed by atoms with Crippen molar-refractivity contribution in [3.05, 3.63) is 46.3 Å². The summed E-state index contributed by atoms with van der Waals surface area (Å²) in [5.74, 6) is 1.06. The van der Waals surface area contributed by atoms with E-state index in [2.05, 4.69) is 24.3 Å². The summed E-state index contributed by atoms with van der Waals surface area (Å²) in [5.41, 5.74) is 2.52. The Morgan fingerprint density at radius 2 is 2.25 bits per heavy atom. The van der Waals surface area contributed by atoms with Crippen LogP contribution in [0.1, 0.15) is 55.7 Å². The number of nitrogens with zero attached hydrogens (tertiary/aromatic N) is 2. The maximum atomic E-state index is 12.7. The summed E-state index contributed by atoms with van der Waals surface area (Å²) in [5, 5.41) is 7.72.